The predicted octanol–water partition coefficient (Wildman–Crippen LogP) is 3.18. The van der Waals surface area contributed by atoms with Gasteiger partial charge in [0.15, 0.2) is 5.79 Å². The highest BCUT2D eigenvalue weighted by molar-refractivity contribution is 5.06. The molecule has 0 amide bonds. The number of piperidine rings is 1. The Morgan fingerprint density at radius 2 is 1.90 bits per heavy atom. The number of likely N-dealkylation sites (tertiary alicyclic amines) is 1. The maximum absolute atomic E-state index is 11.8. The van der Waals surface area contributed by atoms with E-state index < -0.39 is 23.2 Å². The molecule has 3 fully saturated rings. The van der Waals surface area contributed by atoms with Crippen LogP contribution < -0.4 is 5.56 Å². The Morgan fingerprint density at radius 3 is 2.52 bits per heavy atom. The number of fused-ring (bicyclic) bond motifs is 1. The smallest absolute Gasteiger partial charge is 0.374 e. The van der Waals surface area contributed by atoms with E-state index in [0.717, 1.165) is 37.8 Å². The lowest BCUT2D eigenvalue weighted by Crippen LogP contribution is -2.49. The number of aromatic nitrogens is 1. The minimum Gasteiger partial charge on any atom is -0.374 e. The number of pyridine rings is 1. The summed E-state index contributed by atoms with van der Waals surface area (Å²) in [5, 5.41) is 0. The highest BCUT2D eigenvalue weighted by atomic mass is 19.4. The van der Waals surface area contributed by atoms with Crippen LogP contribution in [0.15, 0.2) is 23.0 Å². The molecule has 164 valence electrons. The van der Waals surface area contributed by atoms with Crippen LogP contribution in [0.2, 0.25) is 0 Å². The lowest BCUT2D eigenvalue weighted by Gasteiger charge is -2.36. The zero-order valence-corrected chi connectivity index (χ0v) is 16.8. The molecule has 0 unspecified atom stereocenters. The molecular weight excluding hydrogens is 389 g/mol. The van der Waals surface area contributed by atoms with Crippen LogP contribution in [0.4, 0.5) is 13.2 Å². The zero-order valence-electron chi connectivity index (χ0n) is 16.8. The highest BCUT2D eigenvalue weighted by Gasteiger charge is 2.47. The van der Waals surface area contributed by atoms with Crippen molar-refractivity contribution >= 4 is 0 Å². The molecule has 0 radical (unpaired) electrons. The molecule has 0 saturated carbocycles. The summed E-state index contributed by atoms with van der Waals surface area (Å²) in [5.41, 5.74) is -1.77. The fourth-order valence-corrected chi connectivity index (χ4v) is 4.00. The molecule has 3 saturated heterocycles. The van der Waals surface area contributed by atoms with Gasteiger partial charge in [-0.3, -0.25) is 4.79 Å². The van der Waals surface area contributed by atoms with Crippen LogP contribution in [0.3, 0.4) is 0 Å². The van der Waals surface area contributed by atoms with Crippen molar-refractivity contribution in [3.63, 3.8) is 0 Å². The van der Waals surface area contributed by atoms with E-state index in [2.05, 4.69) is 4.90 Å². The first-order valence-corrected chi connectivity index (χ1v) is 10.1. The number of nitrogens with zero attached hydrogens (tertiary/aromatic N) is 1. The van der Waals surface area contributed by atoms with Crippen LogP contribution in [0.1, 0.15) is 45.2 Å². The number of alkyl halides is 3. The van der Waals surface area contributed by atoms with Crippen LogP contribution in [-0.4, -0.2) is 60.2 Å². The van der Waals surface area contributed by atoms with Crippen molar-refractivity contribution in [1.82, 2.24) is 9.88 Å². The molecule has 3 aliphatic heterocycles. The maximum atomic E-state index is 11.8. The van der Waals surface area contributed by atoms with Crippen molar-refractivity contribution in [2.45, 2.75) is 69.8 Å². The van der Waals surface area contributed by atoms with Gasteiger partial charge in [-0.15, -0.1) is 0 Å². The average molecular weight is 418 g/mol. The first-order valence-electron chi connectivity index (χ1n) is 10.1. The second-order valence-corrected chi connectivity index (χ2v) is 8.12. The predicted molar refractivity (Wildman–Crippen MR) is 101 cm³/mol. The van der Waals surface area contributed by atoms with Crippen molar-refractivity contribution in [3.05, 3.63) is 34.2 Å². The van der Waals surface area contributed by atoms with Crippen LogP contribution in [0.5, 0.6) is 0 Å². The van der Waals surface area contributed by atoms with E-state index in [-0.39, 0.29) is 18.3 Å². The summed E-state index contributed by atoms with van der Waals surface area (Å²) in [6.07, 6.45) is 1.04. The highest BCUT2D eigenvalue weighted by Crippen LogP contribution is 2.35. The molecule has 0 bridgehead atoms. The Bertz CT molecular complexity index is 716. The number of rotatable bonds is 2. The summed E-state index contributed by atoms with van der Waals surface area (Å²) >= 11 is 0. The third-order valence-electron chi connectivity index (χ3n) is 5.28. The summed E-state index contributed by atoms with van der Waals surface area (Å²) in [5.74, 6) is -0.441. The summed E-state index contributed by atoms with van der Waals surface area (Å²) < 4.78 is 53.3. The maximum Gasteiger partial charge on any atom is 0.431 e. The minimum absolute atomic E-state index is 0.121. The third kappa shape index (κ3) is 6.28. The van der Waals surface area contributed by atoms with E-state index in [1.54, 1.807) is 4.98 Å². The number of hydrogen-bond donors (Lipinski definition) is 1. The Balaban J connectivity index is 0.000000188. The van der Waals surface area contributed by atoms with Gasteiger partial charge in [0.05, 0.1) is 12.2 Å². The van der Waals surface area contributed by atoms with Crippen LogP contribution in [-0.2, 0) is 20.4 Å². The zero-order chi connectivity index (χ0) is 21.1. The Morgan fingerprint density at radius 1 is 1.17 bits per heavy atom. The van der Waals surface area contributed by atoms with Crippen molar-refractivity contribution in [2.24, 2.45) is 0 Å². The Labute approximate surface area is 168 Å². The molecule has 29 heavy (non-hydrogen) atoms. The van der Waals surface area contributed by atoms with Gasteiger partial charge < -0.3 is 24.1 Å². The average Bonchev–Trinajstić information content (AvgIpc) is 2.97. The third-order valence-corrected chi connectivity index (χ3v) is 5.28. The molecule has 1 N–H and O–H groups in total. The standard InChI is InChI=1S/C14H25NO3.C6H4F3NO/c1-14(2)17-11-6-9-16-12(13(11)18-14)10-15-7-4-3-5-8-15;7-6(8,9)4-2-1-3-5(11)10-4/h11-13H,3-10H2,1-2H3;1-3H,(H,10,11)/t11-,12-,13-;/m1./s1. The van der Waals surface area contributed by atoms with Gasteiger partial charge >= 0.3 is 6.18 Å². The first kappa shape index (κ1) is 22.3. The molecule has 0 spiro atoms. The molecule has 1 aromatic rings. The lowest BCUT2D eigenvalue weighted by molar-refractivity contribution is -0.155. The van der Waals surface area contributed by atoms with Gasteiger partial charge in [0.25, 0.3) is 0 Å². The van der Waals surface area contributed by atoms with E-state index in [9.17, 15) is 18.0 Å². The van der Waals surface area contributed by atoms with Crippen LogP contribution in [0, 0.1) is 0 Å². The van der Waals surface area contributed by atoms with E-state index in [4.69, 9.17) is 14.2 Å². The molecule has 9 heteroatoms. The first-order chi connectivity index (χ1) is 13.6. The van der Waals surface area contributed by atoms with Gasteiger partial charge in [-0.05, 0) is 52.3 Å². The quantitative estimate of drug-likeness (QED) is 0.799. The Hall–Kier alpha value is -1.42. The van der Waals surface area contributed by atoms with Gasteiger partial charge in [-0.25, -0.2) is 0 Å². The Kier molecular flexibility index (Phi) is 7.03. The molecule has 3 aliphatic rings. The van der Waals surface area contributed by atoms with Crippen molar-refractivity contribution in [1.29, 1.82) is 0 Å². The summed E-state index contributed by atoms with van der Waals surface area (Å²) in [4.78, 5) is 14.6. The molecule has 4 rings (SSSR count). The molecule has 4 heterocycles. The summed E-state index contributed by atoms with van der Waals surface area (Å²) in [6, 6.07) is 2.89. The molecule has 3 atom stereocenters. The number of hydrogen-bond acceptors (Lipinski definition) is 5. The second kappa shape index (κ2) is 9.16. The fraction of sp³-hybridized carbons (Fsp3) is 0.750. The van der Waals surface area contributed by atoms with Crippen molar-refractivity contribution < 1.29 is 27.4 Å². The van der Waals surface area contributed by atoms with Crippen LogP contribution >= 0.6 is 0 Å². The van der Waals surface area contributed by atoms with E-state index >= 15 is 0 Å². The van der Waals surface area contributed by atoms with E-state index in [0.29, 0.717) is 0 Å². The van der Waals surface area contributed by atoms with Gasteiger partial charge in [0, 0.05) is 19.2 Å². The fourth-order valence-electron chi connectivity index (χ4n) is 4.00. The normalized spacial score (nSPS) is 29.6. The van der Waals surface area contributed by atoms with Gasteiger partial charge in [0.1, 0.15) is 11.8 Å². The van der Waals surface area contributed by atoms with E-state index in [1.165, 1.54) is 32.4 Å². The molecule has 1 aromatic heterocycles. The van der Waals surface area contributed by atoms with Crippen LogP contribution in [0.25, 0.3) is 0 Å². The summed E-state index contributed by atoms with van der Waals surface area (Å²) in [7, 11) is 0. The van der Waals surface area contributed by atoms with Gasteiger partial charge in [-0.1, -0.05) is 12.5 Å². The topological polar surface area (TPSA) is 63.8 Å². The molecular formula is C20H29F3N2O4. The number of nitrogens with one attached hydrogen (secondary N) is 1. The largest absolute Gasteiger partial charge is 0.431 e. The molecule has 0 aliphatic carbocycles. The molecule has 6 nitrogen and oxygen atoms in total. The SMILES string of the molecule is CC1(C)O[C@H]2[C@@H](CN3CCCCC3)OCC[C@H]2O1.O=c1cccc(C(F)(F)F)[nH]1. The minimum atomic E-state index is -4.47. The number of aromatic amines is 1. The van der Waals surface area contributed by atoms with Gasteiger partial charge in [-0.2, -0.15) is 13.2 Å². The number of ether oxygens (including phenoxy) is 3. The lowest BCUT2D eigenvalue weighted by atomic mass is 10.0. The monoisotopic (exact) mass is 418 g/mol. The molecule has 0 aromatic carbocycles. The van der Waals surface area contributed by atoms with Crippen molar-refractivity contribution in [2.75, 3.05) is 26.2 Å². The number of H-pyrrole nitrogens is 1. The van der Waals surface area contributed by atoms with Crippen molar-refractivity contribution in [3.8, 4) is 0 Å². The second-order valence-electron chi connectivity index (χ2n) is 8.12. The number of halogens is 3. The van der Waals surface area contributed by atoms with Gasteiger partial charge in [0.2, 0.25) is 5.56 Å². The summed E-state index contributed by atoms with van der Waals surface area (Å²) in [6.45, 7) is 8.23. The van der Waals surface area contributed by atoms with E-state index in [1.807, 2.05) is 13.8 Å².